The molecule has 0 saturated carbocycles. The zero-order chi connectivity index (χ0) is 9.40. The summed E-state index contributed by atoms with van der Waals surface area (Å²) in [4.78, 5) is 10.9. The van der Waals surface area contributed by atoms with Crippen molar-refractivity contribution >= 4 is 6.09 Å². The van der Waals surface area contributed by atoms with Gasteiger partial charge in [-0.05, 0) is 13.3 Å². The van der Waals surface area contributed by atoms with Gasteiger partial charge in [-0.15, -0.1) is 0 Å². The van der Waals surface area contributed by atoms with Crippen molar-refractivity contribution in [2.45, 2.75) is 26.3 Å². The average Bonchev–Trinajstić information content (AvgIpc) is 2.04. The summed E-state index contributed by atoms with van der Waals surface area (Å²) in [6, 6.07) is 0.0500. The van der Waals surface area contributed by atoms with Gasteiger partial charge in [-0.25, -0.2) is 4.79 Å². The molecule has 0 aliphatic carbocycles. The van der Waals surface area contributed by atoms with E-state index >= 15 is 0 Å². The molecule has 0 spiro atoms. The Morgan fingerprint density at radius 3 is 2.58 bits per heavy atom. The van der Waals surface area contributed by atoms with Crippen molar-refractivity contribution in [1.29, 1.82) is 0 Å². The van der Waals surface area contributed by atoms with Crippen LogP contribution in [0.15, 0.2) is 0 Å². The second kappa shape index (κ2) is 6.91. The number of ether oxygens (including phenoxy) is 2. The molecule has 0 aliphatic rings. The lowest BCUT2D eigenvalue weighted by molar-refractivity contribution is 0.128. The molecule has 0 saturated heterocycles. The van der Waals surface area contributed by atoms with E-state index in [-0.39, 0.29) is 12.1 Å². The first-order chi connectivity index (χ1) is 5.74. The Morgan fingerprint density at radius 2 is 2.17 bits per heavy atom. The molecule has 0 heterocycles. The molecule has 4 heteroatoms. The number of hydrogen-bond donors (Lipinski definition) is 1. The van der Waals surface area contributed by atoms with E-state index in [4.69, 9.17) is 9.47 Å². The van der Waals surface area contributed by atoms with Gasteiger partial charge in [-0.1, -0.05) is 6.92 Å². The Hall–Kier alpha value is -0.770. The number of methoxy groups -OCH3 is 1. The zero-order valence-electron chi connectivity index (χ0n) is 7.92. The monoisotopic (exact) mass is 175 g/mol. The molecule has 1 N–H and O–H groups in total. The average molecular weight is 175 g/mol. The summed E-state index contributed by atoms with van der Waals surface area (Å²) < 4.78 is 9.62. The topological polar surface area (TPSA) is 47.6 Å². The highest BCUT2D eigenvalue weighted by molar-refractivity contribution is 5.67. The summed E-state index contributed by atoms with van der Waals surface area (Å²) in [5, 5.41) is 2.68. The molecule has 0 aromatic carbocycles. The van der Waals surface area contributed by atoms with E-state index in [0.717, 1.165) is 6.42 Å². The SMILES string of the molecule is CCOC(=O)NC(CC)COC. The number of nitrogens with one attached hydrogen (secondary N) is 1. The number of carbonyl (C=O) groups is 1. The number of amides is 1. The van der Waals surface area contributed by atoms with Crippen LogP contribution in [0.5, 0.6) is 0 Å². The van der Waals surface area contributed by atoms with Crippen molar-refractivity contribution in [2.24, 2.45) is 0 Å². The minimum absolute atomic E-state index is 0.0500. The van der Waals surface area contributed by atoms with Crippen LogP contribution in [-0.4, -0.2) is 32.5 Å². The van der Waals surface area contributed by atoms with E-state index < -0.39 is 0 Å². The van der Waals surface area contributed by atoms with Crippen molar-refractivity contribution < 1.29 is 14.3 Å². The molecular weight excluding hydrogens is 158 g/mol. The predicted octanol–water partition coefficient (Wildman–Crippen LogP) is 1.16. The van der Waals surface area contributed by atoms with Crippen molar-refractivity contribution in [3.63, 3.8) is 0 Å². The third-order valence-corrected chi connectivity index (χ3v) is 1.46. The fourth-order valence-corrected chi connectivity index (χ4v) is 0.802. The first kappa shape index (κ1) is 11.2. The van der Waals surface area contributed by atoms with Gasteiger partial charge >= 0.3 is 6.09 Å². The minimum atomic E-state index is -0.374. The van der Waals surface area contributed by atoms with Gasteiger partial charge in [-0.2, -0.15) is 0 Å². The second-order valence-electron chi connectivity index (χ2n) is 2.43. The Balaban J connectivity index is 3.61. The third-order valence-electron chi connectivity index (χ3n) is 1.46. The molecular formula is C8H17NO3. The first-order valence-corrected chi connectivity index (χ1v) is 4.16. The first-order valence-electron chi connectivity index (χ1n) is 4.16. The molecule has 1 atom stereocenters. The Morgan fingerprint density at radius 1 is 1.50 bits per heavy atom. The summed E-state index contributed by atoms with van der Waals surface area (Å²) in [6.07, 6.45) is 0.466. The fourth-order valence-electron chi connectivity index (χ4n) is 0.802. The van der Waals surface area contributed by atoms with E-state index in [0.29, 0.717) is 13.2 Å². The van der Waals surface area contributed by atoms with Gasteiger partial charge in [0.05, 0.1) is 19.3 Å². The highest BCUT2D eigenvalue weighted by atomic mass is 16.5. The Kier molecular flexibility index (Phi) is 6.47. The molecule has 0 bridgehead atoms. The van der Waals surface area contributed by atoms with Crippen LogP contribution in [-0.2, 0) is 9.47 Å². The van der Waals surface area contributed by atoms with Crippen LogP contribution in [0.4, 0.5) is 4.79 Å². The molecule has 0 rings (SSSR count). The quantitative estimate of drug-likeness (QED) is 0.682. The van der Waals surface area contributed by atoms with E-state index in [1.54, 1.807) is 14.0 Å². The summed E-state index contributed by atoms with van der Waals surface area (Å²) in [5.74, 6) is 0. The highest BCUT2D eigenvalue weighted by Gasteiger charge is 2.09. The lowest BCUT2D eigenvalue weighted by Crippen LogP contribution is -2.37. The predicted molar refractivity (Wildman–Crippen MR) is 46.1 cm³/mol. The maximum absolute atomic E-state index is 10.9. The van der Waals surface area contributed by atoms with Crippen LogP contribution < -0.4 is 5.32 Å². The Bertz CT molecular complexity index is 127. The molecule has 1 amide bonds. The maximum Gasteiger partial charge on any atom is 0.407 e. The molecule has 0 fully saturated rings. The van der Waals surface area contributed by atoms with Gasteiger partial charge in [0, 0.05) is 7.11 Å². The van der Waals surface area contributed by atoms with Crippen molar-refractivity contribution in [2.75, 3.05) is 20.3 Å². The number of hydrogen-bond acceptors (Lipinski definition) is 3. The normalized spacial score (nSPS) is 12.2. The largest absolute Gasteiger partial charge is 0.450 e. The molecule has 0 radical (unpaired) electrons. The second-order valence-corrected chi connectivity index (χ2v) is 2.43. The van der Waals surface area contributed by atoms with E-state index in [1.165, 1.54) is 0 Å². The molecule has 72 valence electrons. The molecule has 0 aromatic rings. The highest BCUT2D eigenvalue weighted by Crippen LogP contribution is 1.92. The van der Waals surface area contributed by atoms with E-state index in [1.807, 2.05) is 6.92 Å². The summed E-state index contributed by atoms with van der Waals surface area (Å²) in [6.45, 7) is 4.68. The number of carbonyl (C=O) groups excluding carboxylic acids is 1. The van der Waals surface area contributed by atoms with Crippen molar-refractivity contribution in [3.05, 3.63) is 0 Å². The van der Waals surface area contributed by atoms with Gasteiger partial charge in [0.25, 0.3) is 0 Å². The van der Waals surface area contributed by atoms with Crippen LogP contribution in [0.3, 0.4) is 0 Å². The van der Waals surface area contributed by atoms with Gasteiger partial charge in [-0.3, -0.25) is 0 Å². The van der Waals surface area contributed by atoms with E-state index in [9.17, 15) is 4.79 Å². The molecule has 0 aliphatic heterocycles. The van der Waals surface area contributed by atoms with Crippen molar-refractivity contribution in [1.82, 2.24) is 5.32 Å². The van der Waals surface area contributed by atoms with E-state index in [2.05, 4.69) is 5.32 Å². The van der Waals surface area contributed by atoms with Gasteiger partial charge in [0.1, 0.15) is 0 Å². The molecule has 12 heavy (non-hydrogen) atoms. The summed E-state index contributed by atoms with van der Waals surface area (Å²) >= 11 is 0. The summed E-state index contributed by atoms with van der Waals surface area (Å²) in [7, 11) is 1.61. The third kappa shape index (κ3) is 4.96. The zero-order valence-corrected chi connectivity index (χ0v) is 7.92. The van der Waals surface area contributed by atoms with Crippen LogP contribution in [0.25, 0.3) is 0 Å². The molecule has 1 unspecified atom stereocenters. The van der Waals surface area contributed by atoms with Crippen LogP contribution in [0.1, 0.15) is 20.3 Å². The summed E-state index contributed by atoms with van der Waals surface area (Å²) in [5.41, 5.74) is 0. The lowest BCUT2D eigenvalue weighted by atomic mass is 10.2. The van der Waals surface area contributed by atoms with Gasteiger partial charge in [0.15, 0.2) is 0 Å². The van der Waals surface area contributed by atoms with Crippen LogP contribution in [0.2, 0.25) is 0 Å². The van der Waals surface area contributed by atoms with Crippen LogP contribution >= 0.6 is 0 Å². The van der Waals surface area contributed by atoms with Crippen LogP contribution in [0, 0.1) is 0 Å². The van der Waals surface area contributed by atoms with Crippen molar-refractivity contribution in [3.8, 4) is 0 Å². The number of rotatable bonds is 5. The smallest absolute Gasteiger partial charge is 0.407 e. The molecule has 4 nitrogen and oxygen atoms in total. The van der Waals surface area contributed by atoms with Gasteiger partial charge in [0.2, 0.25) is 0 Å². The maximum atomic E-state index is 10.9. The number of alkyl carbamates (subject to hydrolysis) is 1. The standard InChI is InChI=1S/C8H17NO3/c1-4-7(6-11-3)9-8(10)12-5-2/h7H,4-6H2,1-3H3,(H,9,10). The van der Waals surface area contributed by atoms with Gasteiger partial charge < -0.3 is 14.8 Å². The lowest BCUT2D eigenvalue weighted by Gasteiger charge is -2.14. The fraction of sp³-hybridized carbons (Fsp3) is 0.875. The minimum Gasteiger partial charge on any atom is -0.450 e. The Labute approximate surface area is 73.2 Å². The molecule has 0 aromatic heterocycles.